The number of carboxylic acid groups (broad SMARTS) is 1. The summed E-state index contributed by atoms with van der Waals surface area (Å²) in [5.41, 5.74) is 2.41. The number of aliphatic carboxylic acids is 1. The smallest absolute Gasteiger partial charge is 0.305 e. The van der Waals surface area contributed by atoms with Crippen molar-refractivity contribution in [3.05, 3.63) is 48.4 Å². The SMILES string of the molecule is O=C(O)CC1CCCN1C(=O)c1cccc(-c2ccoc2)c1. The normalized spacial score (nSPS) is 17.6. The minimum absolute atomic E-state index is 0.00710. The van der Waals surface area contributed by atoms with Crippen LogP contribution in [0.1, 0.15) is 29.6 Å². The molecule has 5 nitrogen and oxygen atoms in total. The monoisotopic (exact) mass is 299 g/mol. The number of benzene rings is 1. The van der Waals surface area contributed by atoms with E-state index in [4.69, 9.17) is 9.52 Å². The van der Waals surface area contributed by atoms with Crippen LogP contribution < -0.4 is 0 Å². The largest absolute Gasteiger partial charge is 0.481 e. The van der Waals surface area contributed by atoms with Gasteiger partial charge in [-0.2, -0.15) is 0 Å². The number of amides is 1. The topological polar surface area (TPSA) is 70.8 Å². The summed E-state index contributed by atoms with van der Waals surface area (Å²) in [6.45, 7) is 0.618. The number of hydrogen-bond acceptors (Lipinski definition) is 3. The molecule has 0 spiro atoms. The Labute approximate surface area is 128 Å². The summed E-state index contributed by atoms with van der Waals surface area (Å²) in [6.07, 6.45) is 4.83. The van der Waals surface area contributed by atoms with Crippen LogP contribution in [0.15, 0.2) is 47.3 Å². The van der Waals surface area contributed by atoms with Gasteiger partial charge in [-0.1, -0.05) is 12.1 Å². The maximum absolute atomic E-state index is 12.7. The molecule has 1 saturated heterocycles. The molecule has 1 amide bonds. The lowest BCUT2D eigenvalue weighted by atomic mass is 10.0. The van der Waals surface area contributed by atoms with Gasteiger partial charge >= 0.3 is 5.97 Å². The Hall–Kier alpha value is -2.56. The van der Waals surface area contributed by atoms with Crippen molar-refractivity contribution in [1.29, 1.82) is 0 Å². The van der Waals surface area contributed by atoms with E-state index < -0.39 is 5.97 Å². The predicted octanol–water partition coefficient (Wildman–Crippen LogP) is 3.03. The third-order valence-electron chi connectivity index (χ3n) is 4.01. The van der Waals surface area contributed by atoms with Crippen molar-refractivity contribution in [2.24, 2.45) is 0 Å². The van der Waals surface area contributed by atoms with Crippen LogP contribution in [0.25, 0.3) is 11.1 Å². The maximum Gasteiger partial charge on any atom is 0.305 e. The van der Waals surface area contributed by atoms with E-state index in [1.165, 1.54) is 0 Å². The van der Waals surface area contributed by atoms with E-state index in [0.717, 1.165) is 24.0 Å². The zero-order valence-corrected chi connectivity index (χ0v) is 12.1. The van der Waals surface area contributed by atoms with E-state index in [-0.39, 0.29) is 18.4 Å². The van der Waals surface area contributed by atoms with Crippen LogP contribution in [0.2, 0.25) is 0 Å². The minimum Gasteiger partial charge on any atom is -0.481 e. The Balaban J connectivity index is 1.83. The van der Waals surface area contributed by atoms with Crippen LogP contribution in [0.5, 0.6) is 0 Å². The van der Waals surface area contributed by atoms with E-state index in [1.807, 2.05) is 24.3 Å². The quantitative estimate of drug-likeness (QED) is 0.942. The van der Waals surface area contributed by atoms with Crippen LogP contribution in [-0.4, -0.2) is 34.5 Å². The molecule has 2 heterocycles. The highest BCUT2D eigenvalue weighted by atomic mass is 16.4. The zero-order chi connectivity index (χ0) is 15.5. The van der Waals surface area contributed by atoms with Gasteiger partial charge in [-0.3, -0.25) is 9.59 Å². The molecule has 22 heavy (non-hydrogen) atoms. The fourth-order valence-electron chi connectivity index (χ4n) is 2.94. The standard InChI is InChI=1S/C17H17NO4/c19-16(20)10-15-5-2-7-18(15)17(21)13-4-1-3-12(9-13)14-6-8-22-11-14/h1,3-4,6,8-9,11,15H,2,5,7,10H2,(H,19,20). The average molecular weight is 299 g/mol. The van der Waals surface area contributed by atoms with Crippen molar-refractivity contribution in [2.75, 3.05) is 6.54 Å². The molecular formula is C17H17NO4. The van der Waals surface area contributed by atoms with Crippen molar-refractivity contribution in [2.45, 2.75) is 25.3 Å². The number of nitrogens with zero attached hydrogens (tertiary/aromatic N) is 1. The van der Waals surface area contributed by atoms with E-state index in [0.29, 0.717) is 12.1 Å². The minimum atomic E-state index is -0.864. The number of hydrogen-bond donors (Lipinski definition) is 1. The predicted molar refractivity (Wildman–Crippen MR) is 80.5 cm³/mol. The summed E-state index contributed by atoms with van der Waals surface area (Å²) in [4.78, 5) is 25.3. The second kappa shape index (κ2) is 6.05. The first kappa shape index (κ1) is 14.4. The highest BCUT2D eigenvalue weighted by molar-refractivity contribution is 5.96. The van der Waals surface area contributed by atoms with Crippen LogP contribution in [-0.2, 0) is 4.79 Å². The molecule has 5 heteroatoms. The lowest BCUT2D eigenvalue weighted by Crippen LogP contribution is -2.36. The molecule has 1 N–H and O–H groups in total. The molecule has 0 bridgehead atoms. The van der Waals surface area contributed by atoms with Gasteiger partial charge < -0.3 is 14.4 Å². The van der Waals surface area contributed by atoms with Crippen LogP contribution >= 0.6 is 0 Å². The van der Waals surface area contributed by atoms with Crippen molar-refractivity contribution in [3.63, 3.8) is 0 Å². The fourth-order valence-corrected chi connectivity index (χ4v) is 2.94. The molecule has 1 atom stereocenters. The fraction of sp³-hybridized carbons (Fsp3) is 0.294. The summed E-state index contributed by atoms with van der Waals surface area (Å²) in [5.74, 6) is -0.967. The van der Waals surface area contributed by atoms with E-state index in [2.05, 4.69) is 0 Å². The Bertz CT molecular complexity index is 678. The highest BCUT2D eigenvalue weighted by Gasteiger charge is 2.30. The Morgan fingerprint density at radius 1 is 1.27 bits per heavy atom. The molecule has 114 valence electrons. The number of carboxylic acids is 1. The number of rotatable bonds is 4. The summed E-state index contributed by atoms with van der Waals surface area (Å²) in [5, 5.41) is 8.96. The molecular weight excluding hydrogens is 282 g/mol. The summed E-state index contributed by atoms with van der Waals surface area (Å²) in [6, 6.07) is 8.97. The number of furan rings is 1. The van der Waals surface area contributed by atoms with E-state index in [1.54, 1.807) is 23.5 Å². The second-order valence-electron chi connectivity index (χ2n) is 5.49. The molecule has 1 aliphatic heterocycles. The Kier molecular flexibility index (Phi) is 3.96. The zero-order valence-electron chi connectivity index (χ0n) is 12.1. The lowest BCUT2D eigenvalue weighted by Gasteiger charge is -2.23. The molecule has 0 radical (unpaired) electrons. The first-order valence-electron chi connectivity index (χ1n) is 7.30. The van der Waals surface area contributed by atoms with Gasteiger partial charge in [-0.15, -0.1) is 0 Å². The Morgan fingerprint density at radius 3 is 2.86 bits per heavy atom. The van der Waals surface area contributed by atoms with E-state index in [9.17, 15) is 9.59 Å². The molecule has 3 rings (SSSR count). The van der Waals surface area contributed by atoms with Gasteiger partial charge in [0.15, 0.2) is 0 Å². The maximum atomic E-state index is 12.7. The molecule has 1 aromatic heterocycles. The first-order chi connectivity index (χ1) is 10.6. The second-order valence-corrected chi connectivity index (χ2v) is 5.49. The molecule has 0 aliphatic carbocycles. The number of likely N-dealkylation sites (tertiary alicyclic amines) is 1. The van der Waals surface area contributed by atoms with Gasteiger partial charge in [-0.05, 0) is 36.6 Å². The first-order valence-corrected chi connectivity index (χ1v) is 7.30. The van der Waals surface area contributed by atoms with Gasteiger partial charge in [0.1, 0.15) is 0 Å². The van der Waals surface area contributed by atoms with Crippen molar-refractivity contribution >= 4 is 11.9 Å². The molecule has 0 saturated carbocycles. The third-order valence-corrected chi connectivity index (χ3v) is 4.01. The van der Waals surface area contributed by atoms with Crippen LogP contribution in [0.4, 0.5) is 0 Å². The van der Waals surface area contributed by atoms with Gasteiger partial charge in [0.2, 0.25) is 0 Å². The molecule has 1 aliphatic rings. The highest BCUT2D eigenvalue weighted by Crippen LogP contribution is 2.25. The summed E-state index contributed by atoms with van der Waals surface area (Å²) in [7, 11) is 0. The molecule has 1 fully saturated rings. The number of carbonyl (C=O) groups excluding carboxylic acids is 1. The summed E-state index contributed by atoms with van der Waals surface area (Å²) >= 11 is 0. The third kappa shape index (κ3) is 2.88. The van der Waals surface area contributed by atoms with Crippen molar-refractivity contribution in [3.8, 4) is 11.1 Å². The van der Waals surface area contributed by atoms with Crippen LogP contribution in [0, 0.1) is 0 Å². The number of carbonyl (C=O) groups is 2. The van der Waals surface area contributed by atoms with E-state index >= 15 is 0 Å². The van der Waals surface area contributed by atoms with Gasteiger partial charge in [-0.25, -0.2) is 0 Å². The molecule has 1 unspecified atom stereocenters. The summed E-state index contributed by atoms with van der Waals surface area (Å²) < 4.78 is 5.07. The van der Waals surface area contributed by atoms with Crippen molar-refractivity contribution in [1.82, 2.24) is 4.90 Å². The van der Waals surface area contributed by atoms with Gasteiger partial charge in [0.05, 0.1) is 18.9 Å². The van der Waals surface area contributed by atoms with Crippen molar-refractivity contribution < 1.29 is 19.1 Å². The van der Waals surface area contributed by atoms with Gasteiger partial charge in [0.25, 0.3) is 5.91 Å². The molecule has 2 aromatic rings. The van der Waals surface area contributed by atoms with Gasteiger partial charge in [0, 0.05) is 23.7 Å². The Morgan fingerprint density at radius 2 is 2.14 bits per heavy atom. The van der Waals surface area contributed by atoms with Crippen LogP contribution in [0.3, 0.4) is 0 Å². The lowest BCUT2D eigenvalue weighted by molar-refractivity contribution is -0.137. The average Bonchev–Trinajstić information content (AvgIpc) is 3.17. The molecule has 1 aromatic carbocycles.